The van der Waals surface area contributed by atoms with Gasteiger partial charge in [-0.2, -0.15) is 10.2 Å². The predicted molar refractivity (Wildman–Crippen MR) is 100 cm³/mol. The highest BCUT2D eigenvalue weighted by molar-refractivity contribution is 9.10. The number of carbonyl (C=O) groups is 1. The lowest BCUT2D eigenvalue weighted by Crippen LogP contribution is -2.16. The molecular formula is C18H20BrN5O. The van der Waals surface area contributed by atoms with E-state index >= 15 is 0 Å². The zero-order chi connectivity index (χ0) is 17.8. The van der Waals surface area contributed by atoms with Crippen LogP contribution in [0.2, 0.25) is 0 Å². The Hall–Kier alpha value is -2.41. The number of amides is 1. The van der Waals surface area contributed by atoms with Crippen LogP contribution in [0.3, 0.4) is 0 Å². The van der Waals surface area contributed by atoms with Crippen LogP contribution in [-0.4, -0.2) is 25.5 Å². The van der Waals surface area contributed by atoms with Gasteiger partial charge in [-0.05, 0) is 35.3 Å². The molecule has 7 heteroatoms. The summed E-state index contributed by atoms with van der Waals surface area (Å²) in [5, 5.41) is 11.5. The first-order chi connectivity index (χ1) is 12.0. The van der Waals surface area contributed by atoms with Gasteiger partial charge in [0.15, 0.2) is 5.82 Å². The van der Waals surface area contributed by atoms with E-state index in [9.17, 15) is 4.79 Å². The van der Waals surface area contributed by atoms with Crippen LogP contribution in [0.1, 0.15) is 23.2 Å². The van der Waals surface area contributed by atoms with Crippen molar-refractivity contribution in [1.82, 2.24) is 19.6 Å². The lowest BCUT2D eigenvalue weighted by molar-refractivity contribution is -0.116. The second kappa shape index (κ2) is 7.65. The Kier molecular flexibility index (Phi) is 5.33. The summed E-state index contributed by atoms with van der Waals surface area (Å²) in [6.45, 7) is 5.24. The van der Waals surface area contributed by atoms with Crippen LogP contribution in [0.25, 0.3) is 0 Å². The summed E-state index contributed by atoms with van der Waals surface area (Å²) in [4.78, 5) is 12.1. The lowest BCUT2D eigenvalue weighted by atomic mass is 10.1. The van der Waals surface area contributed by atoms with Crippen LogP contribution in [0.5, 0.6) is 0 Å². The number of hydrogen-bond acceptors (Lipinski definition) is 3. The number of nitrogens with zero attached hydrogens (tertiary/aromatic N) is 4. The van der Waals surface area contributed by atoms with Gasteiger partial charge in [0.2, 0.25) is 5.91 Å². The number of rotatable bonds is 6. The third kappa shape index (κ3) is 4.57. The highest BCUT2D eigenvalue weighted by Gasteiger charge is 2.08. The molecule has 6 nitrogen and oxygen atoms in total. The smallest absolute Gasteiger partial charge is 0.227 e. The summed E-state index contributed by atoms with van der Waals surface area (Å²) < 4.78 is 4.57. The van der Waals surface area contributed by atoms with Gasteiger partial charge in [0.05, 0.1) is 23.8 Å². The van der Waals surface area contributed by atoms with Crippen molar-refractivity contribution in [2.24, 2.45) is 0 Å². The molecule has 3 rings (SSSR count). The molecule has 130 valence electrons. The Bertz CT molecular complexity index is 866. The van der Waals surface area contributed by atoms with E-state index < -0.39 is 0 Å². The van der Waals surface area contributed by atoms with E-state index in [1.54, 1.807) is 10.9 Å². The summed E-state index contributed by atoms with van der Waals surface area (Å²) in [5.41, 5.74) is 3.41. The molecule has 1 N–H and O–H groups in total. The fourth-order valence-electron chi connectivity index (χ4n) is 2.46. The molecular weight excluding hydrogens is 382 g/mol. The average Bonchev–Trinajstić information content (AvgIpc) is 3.15. The monoisotopic (exact) mass is 401 g/mol. The molecule has 0 atom stereocenters. The van der Waals surface area contributed by atoms with Gasteiger partial charge in [0.1, 0.15) is 0 Å². The molecule has 1 amide bonds. The van der Waals surface area contributed by atoms with Gasteiger partial charge in [0, 0.05) is 24.4 Å². The Labute approximate surface area is 155 Å². The molecule has 0 aliphatic rings. The Morgan fingerprint density at radius 2 is 1.96 bits per heavy atom. The second-order valence-electron chi connectivity index (χ2n) is 5.98. The maximum Gasteiger partial charge on any atom is 0.227 e. The highest BCUT2D eigenvalue weighted by Crippen LogP contribution is 2.14. The summed E-state index contributed by atoms with van der Waals surface area (Å²) in [6.07, 6.45) is 3.95. The van der Waals surface area contributed by atoms with Crippen LogP contribution < -0.4 is 5.32 Å². The fraction of sp³-hybridized carbons (Fsp3) is 0.278. The number of carbonyl (C=O) groups excluding carboxylic acids is 1. The van der Waals surface area contributed by atoms with E-state index in [4.69, 9.17) is 0 Å². The van der Waals surface area contributed by atoms with Crippen molar-refractivity contribution in [1.29, 1.82) is 0 Å². The lowest BCUT2D eigenvalue weighted by Gasteiger charge is -2.05. The van der Waals surface area contributed by atoms with Crippen LogP contribution in [0.4, 0.5) is 5.82 Å². The summed E-state index contributed by atoms with van der Waals surface area (Å²) in [7, 11) is 0. The number of aromatic nitrogens is 4. The van der Waals surface area contributed by atoms with Crippen molar-refractivity contribution in [2.75, 3.05) is 5.32 Å². The van der Waals surface area contributed by atoms with Crippen LogP contribution >= 0.6 is 15.9 Å². The van der Waals surface area contributed by atoms with Gasteiger partial charge >= 0.3 is 0 Å². The van der Waals surface area contributed by atoms with E-state index in [1.807, 2.05) is 23.9 Å². The number of halogens is 1. The molecule has 2 aromatic heterocycles. The van der Waals surface area contributed by atoms with Crippen LogP contribution in [0, 0.1) is 13.8 Å². The number of hydrogen-bond donors (Lipinski definition) is 1. The maximum absolute atomic E-state index is 12.1. The zero-order valence-corrected chi connectivity index (χ0v) is 15.8. The molecule has 0 spiro atoms. The van der Waals surface area contributed by atoms with Crippen molar-refractivity contribution >= 4 is 27.7 Å². The molecule has 0 aliphatic heterocycles. The molecule has 0 radical (unpaired) electrons. The zero-order valence-electron chi connectivity index (χ0n) is 14.2. The number of nitrogens with one attached hydrogen (secondary N) is 1. The van der Waals surface area contributed by atoms with E-state index in [0.29, 0.717) is 25.3 Å². The molecule has 1 aromatic carbocycles. The second-order valence-corrected chi connectivity index (χ2v) is 6.84. The number of anilines is 1. The Morgan fingerprint density at radius 3 is 2.64 bits per heavy atom. The molecule has 0 fully saturated rings. The van der Waals surface area contributed by atoms with Crippen LogP contribution in [-0.2, 0) is 17.9 Å². The normalized spacial score (nSPS) is 10.8. The van der Waals surface area contributed by atoms with Gasteiger partial charge in [-0.15, -0.1) is 0 Å². The van der Waals surface area contributed by atoms with Crippen molar-refractivity contribution in [3.8, 4) is 0 Å². The minimum Gasteiger partial charge on any atom is -0.309 e. The van der Waals surface area contributed by atoms with Gasteiger partial charge < -0.3 is 5.32 Å². The SMILES string of the molecule is Cc1ccc(Cn2ccc(NC(=O)CCn3ncc(Br)c3C)n2)cc1. The van der Waals surface area contributed by atoms with Gasteiger partial charge in [-0.3, -0.25) is 14.2 Å². The van der Waals surface area contributed by atoms with E-state index in [-0.39, 0.29) is 5.91 Å². The number of benzene rings is 1. The third-order valence-electron chi connectivity index (χ3n) is 3.97. The number of aryl methyl sites for hydroxylation is 2. The largest absolute Gasteiger partial charge is 0.309 e. The quantitative estimate of drug-likeness (QED) is 0.686. The summed E-state index contributed by atoms with van der Waals surface area (Å²) in [6, 6.07) is 10.1. The van der Waals surface area contributed by atoms with E-state index in [0.717, 1.165) is 10.2 Å². The van der Waals surface area contributed by atoms with Crippen molar-refractivity contribution < 1.29 is 4.79 Å². The molecule has 0 aliphatic carbocycles. The highest BCUT2D eigenvalue weighted by atomic mass is 79.9. The standard InChI is InChI=1S/C18H20BrN5O/c1-13-3-5-15(6-4-13)12-23-9-7-17(22-23)21-18(25)8-10-24-14(2)16(19)11-20-24/h3-7,9,11H,8,10,12H2,1-2H3,(H,21,22,25). The summed E-state index contributed by atoms with van der Waals surface area (Å²) in [5.74, 6) is 0.488. The van der Waals surface area contributed by atoms with Crippen LogP contribution in [0.15, 0.2) is 47.2 Å². The topological polar surface area (TPSA) is 64.7 Å². The average molecular weight is 402 g/mol. The maximum atomic E-state index is 12.1. The minimum atomic E-state index is -0.0772. The molecule has 0 saturated carbocycles. The summed E-state index contributed by atoms with van der Waals surface area (Å²) >= 11 is 3.41. The van der Waals surface area contributed by atoms with Gasteiger partial charge in [-0.25, -0.2) is 0 Å². The van der Waals surface area contributed by atoms with Crippen molar-refractivity contribution in [3.05, 3.63) is 64.0 Å². The molecule has 0 unspecified atom stereocenters. The first kappa shape index (κ1) is 17.4. The molecule has 0 saturated heterocycles. The molecule has 2 heterocycles. The Morgan fingerprint density at radius 1 is 1.20 bits per heavy atom. The van der Waals surface area contributed by atoms with E-state index in [2.05, 4.69) is 62.6 Å². The molecule has 25 heavy (non-hydrogen) atoms. The van der Waals surface area contributed by atoms with Gasteiger partial charge in [-0.1, -0.05) is 29.8 Å². The Balaban J connectivity index is 1.53. The minimum absolute atomic E-state index is 0.0772. The molecule has 0 bridgehead atoms. The first-order valence-electron chi connectivity index (χ1n) is 8.08. The molecule has 3 aromatic rings. The fourth-order valence-corrected chi connectivity index (χ4v) is 2.76. The third-order valence-corrected chi connectivity index (χ3v) is 4.75. The van der Waals surface area contributed by atoms with E-state index in [1.165, 1.54) is 11.1 Å². The first-order valence-corrected chi connectivity index (χ1v) is 8.87. The van der Waals surface area contributed by atoms with Crippen molar-refractivity contribution in [3.63, 3.8) is 0 Å². The van der Waals surface area contributed by atoms with Crippen molar-refractivity contribution in [2.45, 2.75) is 33.4 Å². The van der Waals surface area contributed by atoms with Gasteiger partial charge in [0.25, 0.3) is 0 Å². The predicted octanol–water partition coefficient (Wildman–Crippen LogP) is 3.54.